The van der Waals surface area contributed by atoms with Gasteiger partial charge in [-0.1, -0.05) is 58.4 Å². The Balaban J connectivity index is 2.48. The molecule has 0 radical (unpaired) electrons. The van der Waals surface area contributed by atoms with Gasteiger partial charge in [0.05, 0.1) is 0 Å². The van der Waals surface area contributed by atoms with E-state index in [-0.39, 0.29) is 0 Å². The third-order valence-electron chi connectivity index (χ3n) is 3.00. The van der Waals surface area contributed by atoms with E-state index in [9.17, 15) is 5.11 Å². The highest BCUT2D eigenvalue weighted by atomic mass is 79.9. The highest BCUT2D eigenvalue weighted by Gasteiger charge is 2.15. The number of benzene rings is 2. The second-order valence-electron chi connectivity index (χ2n) is 4.24. The molecule has 17 heavy (non-hydrogen) atoms. The molecule has 0 bridgehead atoms. The van der Waals surface area contributed by atoms with Crippen LogP contribution >= 0.6 is 15.9 Å². The minimum Gasteiger partial charge on any atom is -0.384 e. The first-order valence-corrected chi connectivity index (χ1v) is 6.39. The lowest BCUT2D eigenvalue weighted by Gasteiger charge is -2.16. The molecular weight excluding hydrogens is 276 g/mol. The summed E-state index contributed by atoms with van der Waals surface area (Å²) in [6, 6.07) is 13.9. The molecule has 0 aliphatic rings. The van der Waals surface area contributed by atoms with Gasteiger partial charge in [-0.3, -0.25) is 0 Å². The van der Waals surface area contributed by atoms with Crippen LogP contribution in [0, 0.1) is 13.8 Å². The molecule has 0 aromatic heterocycles. The van der Waals surface area contributed by atoms with Gasteiger partial charge in [-0.15, -0.1) is 0 Å². The Kier molecular flexibility index (Phi) is 3.65. The highest BCUT2D eigenvalue weighted by molar-refractivity contribution is 9.10. The molecule has 0 aliphatic carbocycles. The Labute approximate surface area is 110 Å². The first-order valence-electron chi connectivity index (χ1n) is 5.60. The van der Waals surface area contributed by atoms with Crippen molar-refractivity contribution in [3.05, 3.63) is 69.2 Å². The molecule has 2 aromatic rings. The van der Waals surface area contributed by atoms with Crippen molar-refractivity contribution in [2.75, 3.05) is 0 Å². The summed E-state index contributed by atoms with van der Waals surface area (Å²) in [6.07, 6.45) is -0.578. The van der Waals surface area contributed by atoms with E-state index in [1.165, 1.54) is 0 Å². The van der Waals surface area contributed by atoms with Crippen LogP contribution in [0.25, 0.3) is 0 Å². The second-order valence-corrected chi connectivity index (χ2v) is 5.03. The fraction of sp³-hybridized carbons (Fsp3) is 0.200. The summed E-state index contributed by atoms with van der Waals surface area (Å²) < 4.78 is 0.982. The highest BCUT2D eigenvalue weighted by Crippen LogP contribution is 2.31. The van der Waals surface area contributed by atoms with E-state index in [4.69, 9.17) is 0 Å². The van der Waals surface area contributed by atoms with E-state index >= 15 is 0 Å². The Morgan fingerprint density at radius 3 is 2.18 bits per heavy atom. The SMILES string of the molecule is Cc1ccccc1C(O)c1cccc(C)c1Br. The molecule has 0 fully saturated rings. The molecule has 1 atom stereocenters. The maximum absolute atomic E-state index is 10.4. The first kappa shape index (κ1) is 12.3. The first-order chi connectivity index (χ1) is 8.11. The summed E-state index contributed by atoms with van der Waals surface area (Å²) in [5.74, 6) is 0. The lowest BCUT2D eigenvalue weighted by molar-refractivity contribution is 0.218. The molecular formula is C15H15BrO. The van der Waals surface area contributed by atoms with Crippen LogP contribution in [0.15, 0.2) is 46.9 Å². The molecule has 0 aliphatic heterocycles. The van der Waals surface area contributed by atoms with Crippen molar-refractivity contribution in [2.45, 2.75) is 20.0 Å². The van der Waals surface area contributed by atoms with Gasteiger partial charge in [0, 0.05) is 4.47 Å². The Morgan fingerprint density at radius 2 is 1.47 bits per heavy atom. The fourth-order valence-electron chi connectivity index (χ4n) is 1.94. The molecule has 1 unspecified atom stereocenters. The molecule has 2 rings (SSSR count). The second kappa shape index (κ2) is 5.03. The monoisotopic (exact) mass is 290 g/mol. The summed E-state index contributed by atoms with van der Waals surface area (Å²) in [5, 5.41) is 10.4. The molecule has 2 aromatic carbocycles. The molecule has 0 spiro atoms. The quantitative estimate of drug-likeness (QED) is 0.881. The number of rotatable bonds is 2. The zero-order valence-corrected chi connectivity index (χ0v) is 11.5. The van der Waals surface area contributed by atoms with Crippen molar-refractivity contribution in [3.63, 3.8) is 0 Å². The molecule has 0 heterocycles. The Bertz CT molecular complexity index is 534. The zero-order valence-electron chi connectivity index (χ0n) is 9.94. The van der Waals surface area contributed by atoms with Crippen LogP contribution in [0.4, 0.5) is 0 Å². The molecule has 0 saturated carbocycles. The van der Waals surface area contributed by atoms with Crippen LogP contribution < -0.4 is 0 Å². The molecule has 1 N–H and O–H groups in total. The lowest BCUT2D eigenvalue weighted by atomic mass is 9.96. The maximum Gasteiger partial charge on any atom is 0.105 e. The van der Waals surface area contributed by atoms with E-state index in [1.54, 1.807) is 0 Å². The third kappa shape index (κ3) is 2.43. The zero-order chi connectivity index (χ0) is 12.4. The van der Waals surface area contributed by atoms with Gasteiger partial charge in [0.2, 0.25) is 0 Å². The van der Waals surface area contributed by atoms with Crippen LogP contribution in [-0.4, -0.2) is 5.11 Å². The van der Waals surface area contributed by atoms with Crippen LogP contribution in [-0.2, 0) is 0 Å². The van der Waals surface area contributed by atoms with E-state index in [1.807, 2.05) is 56.3 Å². The minimum absolute atomic E-state index is 0.578. The van der Waals surface area contributed by atoms with Gasteiger partial charge >= 0.3 is 0 Å². The van der Waals surface area contributed by atoms with Crippen LogP contribution in [0.1, 0.15) is 28.4 Å². The number of halogens is 1. The smallest absolute Gasteiger partial charge is 0.105 e. The topological polar surface area (TPSA) is 20.2 Å². The average Bonchev–Trinajstić information content (AvgIpc) is 2.32. The normalized spacial score (nSPS) is 12.5. The van der Waals surface area contributed by atoms with E-state index < -0.39 is 6.10 Å². The summed E-state index contributed by atoms with van der Waals surface area (Å²) in [7, 11) is 0. The fourth-order valence-corrected chi connectivity index (χ4v) is 2.42. The van der Waals surface area contributed by atoms with Gasteiger partial charge in [-0.2, -0.15) is 0 Å². The van der Waals surface area contributed by atoms with Crippen molar-refractivity contribution in [1.82, 2.24) is 0 Å². The van der Waals surface area contributed by atoms with Gasteiger partial charge in [-0.25, -0.2) is 0 Å². The summed E-state index contributed by atoms with van der Waals surface area (Å²) in [6.45, 7) is 4.04. The van der Waals surface area contributed by atoms with Gasteiger partial charge in [0.15, 0.2) is 0 Å². The summed E-state index contributed by atoms with van der Waals surface area (Å²) >= 11 is 3.54. The minimum atomic E-state index is -0.578. The standard InChI is InChI=1S/C15H15BrO/c1-10-6-3-4-8-12(10)15(17)13-9-5-7-11(2)14(13)16/h3-9,15,17H,1-2H3. The predicted molar refractivity (Wildman–Crippen MR) is 74.1 cm³/mol. The van der Waals surface area contributed by atoms with Crippen molar-refractivity contribution in [3.8, 4) is 0 Å². The van der Waals surface area contributed by atoms with Gasteiger partial charge in [0.1, 0.15) is 6.10 Å². The van der Waals surface area contributed by atoms with Crippen molar-refractivity contribution >= 4 is 15.9 Å². The van der Waals surface area contributed by atoms with Gasteiger partial charge in [0.25, 0.3) is 0 Å². The maximum atomic E-state index is 10.4. The van der Waals surface area contributed by atoms with E-state index in [2.05, 4.69) is 15.9 Å². The number of hydrogen-bond donors (Lipinski definition) is 1. The van der Waals surface area contributed by atoms with Crippen LogP contribution in [0.2, 0.25) is 0 Å². The Hall–Kier alpha value is -1.12. The summed E-state index contributed by atoms with van der Waals surface area (Å²) in [4.78, 5) is 0. The molecule has 0 saturated heterocycles. The third-order valence-corrected chi connectivity index (χ3v) is 4.08. The number of aryl methyl sites for hydroxylation is 2. The van der Waals surface area contributed by atoms with Crippen molar-refractivity contribution in [1.29, 1.82) is 0 Å². The van der Waals surface area contributed by atoms with E-state index in [0.717, 1.165) is 26.7 Å². The van der Waals surface area contributed by atoms with Crippen LogP contribution in [0.3, 0.4) is 0 Å². The van der Waals surface area contributed by atoms with Crippen LogP contribution in [0.5, 0.6) is 0 Å². The van der Waals surface area contributed by atoms with Gasteiger partial charge < -0.3 is 5.11 Å². The number of aliphatic hydroxyl groups is 1. The van der Waals surface area contributed by atoms with E-state index in [0.29, 0.717) is 0 Å². The predicted octanol–water partition coefficient (Wildman–Crippen LogP) is 4.15. The summed E-state index contributed by atoms with van der Waals surface area (Å²) in [5.41, 5.74) is 4.11. The van der Waals surface area contributed by atoms with Crippen molar-refractivity contribution < 1.29 is 5.11 Å². The number of hydrogen-bond acceptors (Lipinski definition) is 1. The largest absolute Gasteiger partial charge is 0.384 e. The molecule has 2 heteroatoms. The van der Waals surface area contributed by atoms with Gasteiger partial charge in [-0.05, 0) is 36.1 Å². The number of aliphatic hydroxyl groups excluding tert-OH is 1. The molecule has 0 amide bonds. The molecule has 88 valence electrons. The van der Waals surface area contributed by atoms with Crippen molar-refractivity contribution in [2.24, 2.45) is 0 Å². The molecule has 1 nitrogen and oxygen atoms in total. The Morgan fingerprint density at radius 1 is 0.882 bits per heavy atom. The average molecular weight is 291 g/mol. The lowest BCUT2D eigenvalue weighted by Crippen LogP contribution is -2.03.